The zero-order valence-corrected chi connectivity index (χ0v) is 15.4. The summed E-state index contributed by atoms with van der Waals surface area (Å²) in [6.45, 7) is 3.77. The van der Waals surface area contributed by atoms with Gasteiger partial charge in [-0.1, -0.05) is 30.3 Å². The van der Waals surface area contributed by atoms with Crippen molar-refractivity contribution < 1.29 is 24.2 Å². The molecule has 144 valence electrons. The summed E-state index contributed by atoms with van der Waals surface area (Å²) in [4.78, 5) is 25.3. The van der Waals surface area contributed by atoms with Crippen molar-refractivity contribution in [1.29, 1.82) is 0 Å². The predicted molar refractivity (Wildman–Crippen MR) is 97.7 cm³/mol. The van der Waals surface area contributed by atoms with Crippen molar-refractivity contribution in [3.63, 3.8) is 0 Å². The second-order valence-electron chi connectivity index (χ2n) is 6.71. The molecule has 1 heterocycles. The maximum absolute atomic E-state index is 12.8. The number of hydrogen-bond acceptors (Lipinski definition) is 4. The lowest BCUT2D eigenvalue weighted by Gasteiger charge is -2.28. The maximum atomic E-state index is 12.8. The lowest BCUT2D eigenvalue weighted by Crippen LogP contribution is -2.40. The summed E-state index contributed by atoms with van der Waals surface area (Å²) in [5.74, 6) is -0.967. The summed E-state index contributed by atoms with van der Waals surface area (Å²) >= 11 is 0. The van der Waals surface area contributed by atoms with Gasteiger partial charge in [-0.15, -0.1) is 0 Å². The molecule has 0 aliphatic carbocycles. The molecule has 1 aliphatic heterocycles. The molecule has 2 atom stereocenters. The molecule has 6 nitrogen and oxygen atoms in total. The van der Waals surface area contributed by atoms with E-state index in [0.29, 0.717) is 26.1 Å². The van der Waals surface area contributed by atoms with Crippen molar-refractivity contribution in [2.45, 2.75) is 57.8 Å². The fraction of sp³-hybridized carbons (Fsp3) is 0.600. The smallest absolute Gasteiger partial charge is 0.303 e. The van der Waals surface area contributed by atoms with Gasteiger partial charge in [-0.3, -0.25) is 9.59 Å². The summed E-state index contributed by atoms with van der Waals surface area (Å²) in [6, 6.07) is 9.69. The van der Waals surface area contributed by atoms with Gasteiger partial charge >= 0.3 is 5.97 Å². The van der Waals surface area contributed by atoms with E-state index in [9.17, 15) is 9.59 Å². The minimum atomic E-state index is -0.851. The number of carboxylic acid groups (broad SMARTS) is 1. The number of nitrogens with zero attached hydrogens (tertiary/aromatic N) is 1. The van der Waals surface area contributed by atoms with Gasteiger partial charge in [0.25, 0.3) is 5.91 Å². The summed E-state index contributed by atoms with van der Waals surface area (Å²) < 4.78 is 11.4. The molecule has 0 saturated carbocycles. The Bertz CT molecular complexity index is 557. The Hall–Kier alpha value is -1.92. The van der Waals surface area contributed by atoms with Crippen molar-refractivity contribution in [3.8, 4) is 0 Å². The number of carbonyl (C=O) groups excluding carboxylic acids is 1. The van der Waals surface area contributed by atoms with Gasteiger partial charge in [0.2, 0.25) is 0 Å². The van der Waals surface area contributed by atoms with Crippen LogP contribution in [0.25, 0.3) is 0 Å². The normalized spacial score (nSPS) is 18.3. The number of aliphatic carboxylic acids is 1. The summed E-state index contributed by atoms with van der Waals surface area (Å²) in [7, 11) is 0. The standard InChI is InChI=1S/C20H29NO5/c1-16(26-15-18-10-5-6-13-25-18)20(24)21(12-7-11-19(22)23)14-17-8-3-2-4-9-17/h2-4,8-9,16,18H,5-7,10-15H2,1H3,(H,22,23). The van der Waals surface area contributed by atoms with E-state index >= 15 is 0 Å². The molecule has 0 radical (unpaired) electrons. The monoisotopic (exact) mass is 363 g/mol. The Kier molecular flexibility index (Phi) is 8.58. The average molecular weight is 363 g/mol. The SMILES string of the molecule is CC(OCC1CCCCO1)C(=O)N(CCCC(=O)O)Cc1ccccc1. The lowest BCUT2D eigenvalue weighted by atomic mass is 10.1. The van der Waals surface area contributed by atoms with Gasteiger partial charge in [0.05, 0.1) is 12.7 Å². The Balaban J connectivity index is 1.90. The third-order valence-corrected chi connectivity index (χ3v) is 4.50. The van der Waals surface area contributed by atoms with E-state index in [4.69, 9.17) is 14.6 Å². The summed E-state index contributed by atoms with van der Waals surface area (Å²) in [5, 5.41) is 8.85. The molecule has 0 bridgehead atoms. The number of hydrogen-bond donors (Lipinski definition) is 1. The first-order valence-corrected chi connectivity index (χ1v) is 9.34. The van der Waals surface area contributed by atoms with Crippen molar-refractivity contribution in [2.75, 3.05) is 19.8 Å². The molecular weight excluding hydrogens is 334 g/mol. The topological polar surface area (TPSA) is 76.1 Å². The Morgan fingerprint density at radius 3 is 2.73 bits per heavy atom. The van der Waals surface area contributed by atoms with Crippen LogP contribution in [0, 0.1) is 0 Å². The van der Waals surface area contributed by atoms with Crippen LogP contribution >= 0.6 is 0 Å². The average Bonchev–Trinajstić information content (AvgIpc) is 2.66. The van der Waals surface area contributed by atoms with Crippen LogP contribution < -0.4 is 0 Å². The molecule has 0 aromatic heterocycles. The fourth-order valence-corrected chi connectivity index (χ4v) is 3.01. The molecule has 26 heavy (non-hydrogen) atoms. The molecule has 6 heteroatoms. The maximum Gasteiger partial charge on any atom is 0.303 e. The Morgan fingerprint density at radius 1 is 1.31 bits per heavy atom. The number of carbonyl (C=O) groups is 2. The molecule has 0 spiro atoms. The Morgan fingerprint density at radius 2 is 2.08 bits per heavy atom. The van der Waals surface area contributed by atoms with E-state index in [-0.39, 0.29) is 18.4 Å². The van der Waals surface area contributed by atoms with Gasteiger partial charge in [0.15, 0.2) is 0 Å². The molecule has 1 saturated heterocycles. The van der Waals surface area contributed by atoms with Crippen molar-refractivity contribution >= 4 is 11.9 Å². The van der Waals surface area contributed by atoms with E-state index in [1.165, 1.54) is 0 Å². The van der Waals surface area contributed by atoms with Crippen molar-refractivity contribution in [2.24, 2.45) is 0 Å². The van der Waals surface area contributed by atoms with Gasteiger partial charge in [-0.05, 0) is 38.2 Å². The van der Waals surface area contributed by atoms with Crippen LogP contribution in [0.2, 0.25) is 0 Å². The highest BCUT2D eigenvalue weighted by atomic mass is 16.5. The number of ether oxygens (including phenoxy) is 2. The first-order chi connectivity index (χ1) is 12.6. The third-order valence-electron chi connectivity index (χ3n) is 4.50. The number of rotatable bonds is 10. The molecule has 2 rings (SSSR count). The van der Waals surface area contributed by atoms with Gasteiger partial charge in [0.1, 0.15) is 6.10 Å². The minimum absolute atomic E-state index is 0.0454. The molecule has 1 aromatic carbocycles. The number of benzene rings is 1. The largest absolute Gasteiger partial charge is 0.481 e. The molecule has 1 amide bonds. The van der Waals surface area contributed by atoms with Gasteiger partial charge in [0, 0.05) is 26.1 Å². The van der Waals surface area contributed by atoms with Gasteiger partial charge < -0.3 is 19.5 Å². The van der Waals surface area contributed by atoms with Crippen molar-refractivity contribution in [1.82, 2.24) is 4.90 Å². The highest BCUT2D eigenvalue weighted by molar-refractivity contribution is 5.80. The number of amides is 1. The second-order valence-corrected chi connectivity index (χ2v) is 6.71. The first-order valence-electron chi connectivity index (χ1n) is 9.34. The van der Waals surface area contributed by atoms with Crippen LogP contribution in [0.5, 0.6) is 0 Å². The van der Waals surface area contributed by atoms with Gasteiger partial charge in [-0.25, -0.2) is 0 Å². The minimum Gasteiger partial charge on any atom is -0.481 e. The first kappa shape index (κ1) is 20.4. The summed E-state index contributed by atoms with van der Waals surface area (Å²) in [6.07, 6.45) is 3.14. The van der Waals surface area contributed by atoms with Gasteiger partial charge in [-0.2, -0.15) is 0 Å². The molecule has 1 N–H and O–H groups in total. The van der Waals surface area contributed by atoms with Crippen LogP contribution in [-0.4, -0.2) is 53.8 Å². The quantitative estimate of drug-likeness (QED) is 0.692. The van der Waals surface area contributed by atoms with Crippen LogP contribution in [0.15, 0.2) is 30.3 Å². The second kappa shape index (κ2) is 10.9. The van der Waals surface area contributed by atoms with E-state index in [1.54, 1.807) is 11.8 Å². The van der Waals surface area contributed by atoms with Crippen LogP contribution in [0.3, 0.4) is 0 Å². The summed E-state index contributed by atoms with van der Waals surface area (Å²) in [5.41, 5.74) is 1.01. The fourth-order valence-electron chi connectivity index (χ4n) is 3.01. The lowest BCUT2D eigenvalue weighted by molar-refractivity contribution is -0.147. The molecular formula is C20H29NO5. The van der Waals surface area contributed by atoms with Crippen LogP contribution in [0.4, 0.5) is 0 Å². The molecule has 2 unspecified atom stereocenters. The van der Waals surface area contributed by atoms with E-state index in [0.717, 1.165) is 31.4 Å². The molecule has 1 fully saturated rings. The highest BCUT2D eigenvalue weighted by Gasteiger charge is 2.23. The van der Waals surface area contributed by atoms with E-state index < -0.39 is 12.1 Å². The molecule has 1 aliphatic rings. The van der Waals surface area contributed by atoms with E-state index in [1.807, 2.05) is 30.3 Å². The number of carboxylic acids is 1. The molecule has 1 aromatic rings. The Labute approximate surface area is 155 Å². The van der Waals surface area contributed by atoms with E-state index in [2.05, 4.69) is 0 Å². The highest BCUT2D eigenvalue weighted by Crippen LogP contribution is 2.15. The van der Waals surface area contributed by atoms with Crippen molar-refractivity contribution in [3.05, 3.63) is 35.9 Å². The zero-order chi connectivity index (χ0) is 18.8. The zero-order valence-electron chi connectivity index (χ0n) is 15.4. The third kappa shape index (κ3) is 7.14. The van der Waals surface area contributed by atoms with Crippen LogP contribution in [0.1, 0.15) is 44.6 Å². The predicted octanol–water partition coefficient (Wildman–Crippen LogP) is 2.85. The van der Waals surface area contributed by atoms with Crippen LogP contribution in [-0.2, 0) is 25.6 Å².